The summed E-state index contributed by atoms with van der Waals surface area (Å²) in [4.78, 5) is 0. The standard InChI is InChI=1S/C38H28F4O2P2/c39-29-11-19-33(20-12-29)45(34-21-13-30(40)14-22-34)43-37(27-7-3-1-4-8-27)38(28-9-5-2-6-10-28)44-46(35-23-15-31(41)16-24-35)36-25-17-32(42)18-26-36/h1-26,37-38H/t37-,38-/m0/s1. The summed E-state index contributed by atoms with van der Waals surface area (Å²) in [7, 11) is -3.22. The van der Waals surface area contributed by atoms with Gasteiger partial charge >= 0.3 is 0 Å². The van der Waals surface area contributed by atoms with Gasteiger partial charge in [0.15, 0.2) is 0 Å². The minimum atomic E-state index is -1.61. The van der Waals surface area contributed by atoms with Crippen molar-refractivity contribution in [3.63, 3.8) is 0 Å². The van der Waals surface area contributed by atoms with Gasteiger partial charge in [0.05, 0.1) is 16.3 Å². The number of halogens is 4. The fourth-order valence-electron chi connectivity index (χ4n) is 4.94. The SMILES string of the molecule is Fc1ccc(P(O[C@@H](c2ccccc2)[C@@H](OP(c2ccc(F)cc2)c2ccc(F)cc2)c2ccccc2)c2ccc(F)cc2)cc1. The lowest BCUT2D eigenvalue weighted by atomic mass is 9.98. The van der Waals surface area contributed by atoms with Gasteiger partial charge in [-0.25, -0.2) is 17.6 Å². The summed E-state index contributed by atoms with van der Waals surface area (Å²) in [5.74, 6) is -1.53. The van der Waals surface area contributed by atoms with Crippen LogP contribution in [0.5, 0.6) is 0 Å². The van der Waals surface area contributed by atoms with Crippen LogP contribution >= 0.6 is 16.3 Å². The van der Waals surface area contributed by atoms with Gasteiger partial charge in [-0.15, -0.1) is 0 Å². The molecule has 2 atom stereocenters. The fourth-order valence-corrected chi connectivity index (χ4v) is 8.62. The molecule has 6 rings (SSSR count). The minimum absolute atomic E-state index is 0.382. The van der Waals surface area contributed by atoms with Crippen LogP contribution in [0.3, 0.4) is 0 Å². The Balaban J connectivity index is 1.50. The molecule has 8 heteroatoms. The van der Waals surface area contributed by atoms with Crippen molar-refractivity contribution in [3.8, 4) is 0 Å². The second-order valence-corrected chi connectivity index (χ2v) is 14.0. The van der Waals surface area contributed by atoms with Crippen molar-refractivity contribution in [1.82, 2.24) is 0 Å². The van der Waals surface area contributed by atoms with E-state index >= 15 is 0 Å². The Morgan fingerprint density at radius 2 is 0.565 bits per heavy atom. The second kappa shape index (κ2) is 14.9. The van der Waals surface area contributed by atoms with E-state index in [0.717, 1.165) is 32.3 Å². The molecular weight excluding hydrogens is 626 g/mol. The first-order chi connectivity index (χ1) is 22.4. The lowest BCUT2D eigenvalue weighted by Gasteiger charge is -2.34. The van der Waals surface area contributed by atoms with E-state index in [1.807, 2.05) is 60.7 Å². The first kappa shape index (κ1) is 31.8. The maximum atomic E-state index is 14.1. The van der Waals surface area contributed by atoms with Crippen LogP contribution in [0.1, 0.15) is 23.3 Å². The Kier molecular flexibility index (Phi) is 10.3. The largest absolute Gasteiger partial charge is 0.339 e. The van der Waals surface area contributed by atoms with Crippen molar-refractivity contribution in [2.24, 2.45) is 0 Å². The molecule has 0 aromatic heterocycles. The molecule has 0 aliphatic heterocycles. The summed E-state index contributed by atoms with van der Waals surface area (Å²) in [5.41, 5.74) is 1.64. The molecule has 2 nitrogen and oxygen atoms in total. The van der Waals surface area contributed by atoms with Gasteiger partial charge in [-0.2, -0.15) is 0 Å². The van der Waals surface area contributed by atoms with E-state index in [2.05, 4.69) is 0 Å². The van der Waals surface area contributed by atoms with Gasteiger partial charge in [-0.05, 0) is 108 Å². The van der Waals surface area contributed by atoms with Gasteiger partial charge in [0.2, 0.25) is 0 Å². The highest BCUT2D eigenvalue weighted by Crippen LogP contribution is 2.51. The van der Waals surface area contributed by atoms with Gasteiger partial charge < -0.3 is 9.05 Å². The van der Waals surface area contributed by atoms with E-state index in [1.165, 1.54) is 48.5 Å². The highest BCUT2D eigenvalue weighted by atomic mass is 31.1. The summed E-state index contributed by atoms with van der Waals surface area (Å²) in [5, 5.41) is 2.93. The third-order valence-electron chi connectivity index (χ3n) is 7.21. The summed E-state index contributed by atoms with van der Waals surface area (Å²) < 4.78 is 70.4. The van der Waals surface area contributed by atoms with E-state index in [9.17, 15) is 17.6 Å². The Morgan fingerprint density at radius 3 is 0.804 bits per heavy atom. The van der Waals surface area contributed by atoms with E-state index in [-0.39, 0.29) is 23.3 Å². The Labute approximate surface area is 268 Å². The van der Waals surface area contributed by atoms with Crippen molar-refractivity contribution in [1.29, 1.82) is 0 Å². The van der Waals surface area contributed by atoms with Crippen LogP contribution in [0.15, 0.2) is 158 Å². The highest BCUT2D eigenvalue weighted by Gasteiger charge is 2.34. The molecule has 0 bridgehead atoms. The molecule has 6 aromatic rings. The van der Waals surface area contributed by atoms with Crippen LogP contribution in [-0.2, 0) is 9.05 Å². The predicted molar refractivity (Wildman–Crippen MR) is 179 cm³/mol. The van der Waals surface area contributed by atoms with Crippen molar-refractivity contribution >= 4 is 37.5 Å². The van der Waals surface area contributed by atoms with Crippen LogP contribution in [0.4, 0.5) is 17.6 Å². The molecule has 0 saturated heterocycles. The third-order valence-corrected chi connectivity index (χ3v) is 11.2. The van der Waals surface area contributed by atoms with Gasteiger partial charge in [0.25, 0.3) is 0 Å². The van der Waals surface area contributed by atoms with E-state index in [4.69, 9.17) is 9.05 Å². The zero-order chi connectivity index (χ0) is 31.9. The lowest BCUT2D eigenvalue weighted by Crippen LogP contribution is -2.23. The Bertz CT molecular complexity index is 1590. The zero-order valence-electron chi connectivity index (χ0n) is 24.4. The average Bonchev–Trinajstić information content (AvgIpc) is 3.09. The molecule has 230 valence electrons. The summed E-state index contributed by atoms with van der Waals surface area (Å²) in [6, 6.07) is 43.7. The van der Waals surface area contributed by atoms with Crippen molar-refractivity contribution < 1.29 is 26.6 Å². The fraction of sp³-hybridized carbons (Fsp3) is 0.0526. The zero-order valence-corrected chi connectivity index (χ0v) is 26.2. The molecule has 0 N–H and O–H groups in total. The quantitative estimate of drug-likeness (QED) is 0.103. The van der Waals surface area contributed by atoms with Crippen LogP contribution in [0, 0.1) is 23.3 Å². The van der Waals surface area contributed by atoms with Crippen LogP contribution < -0.4 is 21.2 Å². The first-order valence-corrected chi connectivity index (χ1v) is 17.0. The molecular formula is C38H28F4O2P2. The molecule has 0 spiro atoms. The predicted octanol–water partition coefficient (Wildman–Crippen LogP) is 9.15. The molecule has 0 radical (unpaired) electrons. The highest BCUT2D eigenvalue weighted by molar-refractivity contribution is 7.69. The molecule has 0 heterocycles. The van der Waals surface area contributed by atoms with Gasteiger partial charge in [0.1, 0.15) is 35.5 Å². The number of hydrogen-bond acceptors (Lipinski definition) is 2. The smallest absolute Gasteiger partial charge is 0.123 e. The average molecular weight is 655 g/mol. The Morgan fingerprint density at radius 1 is 0.326 bits per heavy atom. The van der Waals surface area contributed by atoms with Gasteiger partial charge in [-0.1, -0.05) is 60.7 Å². The molecule has 46 heavy (non-hydrogen) atoms. The van der Waals surface area contributed by atoms with Gasteiger partial charge in [-0.3, -0.25) is 0 Å². The number of benzene rings is 6. The molecule has 0 fully saturated rings. The number of hydrogen-bond donors (Lipinski definition) is 0. The third kappa shape index (κ3) is 7.78. The summed E-state index contributed by atoms with van der Waals surface area (Å²) in [6.45, 7) is 0. The molecule has 0 aliphatic rings. The molecule has 0 aliphatic carbocycles. The van der Waals surface area contributed by atoms with Crippen molar-refractivity contribution in [2.75, 3.05) is 0 Å². The summed E-state index contributed by atoms with van der Waals surface area (Å²) in [6.07, 6.45) is -1.42. The van der Waals surface area contributed by atoms with Gasteiger partial charge in [0, 0.05) is 21.2 Å². The van der Waals surface area contributed by atoms with Crippen LogP contribution in [0.2, 0.25) is 0 Å². The van der Waals surface area contributed by atoms with Crippen molar-refractivity contribution in [2.45, 2.75) is 12.2 Å². The van der Waals surface area contributed by atoms with E-state index < -0.39 is 28.5 Å². The van der Waals surface area contributed by atoms with Crippen LogP contribution in [-0.4, -0.2) is 0 Å². The molecule has 6 aromatic carbocycles. The van der Waals surface area contributed by atoms with E-state index in [0.29, 0.717) is 0 Å². The van der Waals surface area contributed by atoms with Crippen molar-refractivity contribution in [3.05, 3.63) is 192 Å². The van der Waals surface area contributed by atoms with E-state index in [1.54, 1.807) is 48.5 Å². The molecule has 0 amide bonds. The monoisotopic (exact) mass is 654 g/mol. The number of rotatable bonds is 11. The minimum Gasteiger partial charge on any atom is -0.339 e. The maximum absolute atomic E-state index is 14.1. The topological polar surface area (TPSA) is 18.5 Å². The first-order valence-electron chi connectivity index (χ1n) is 14.5. The second-order valence-electron chi connectivity index (χ2n) is 10.4. The Hall–Kier alpha value is -4.18. The summed E-state index contributed by atoms with van der Waals surface area (Å²) >= 11 is 0. The van der Waals surface area contributed by atoms with Crippen LogP contribution in [0.25, 0.3) is 0 Å². The molecule has 0 saturated carbocycles. The normalized spacial score (nSPS) is 12.7. The molecule has 0 unspecified atom stereocenters. The maximum Gasteiger partial charge on any atom is 0.123 e. The lowest BCUT2D eigenvalue weighted by molar-refractivity contribution is 0.0749.